The zero-order valence-corrected chi connectivity index (χ0v) is 21.2. The van der Waals surface area contributed by atoms with E-state index in [1.807, 2.05) is 6.92 Å². The van der Waals surface area contributed by atoms with Gasteiger partial charge in [-0.05, 0) is 58.5 Å². The molecule has 0 aromatic carbocycles. The Labute approximate surface area is 193 Å². The molecule has 0 aliphatic carbocycles. The Bertz CT molecular complexity index is 669. The van der Waals surface area contributed by atoms with Crippen molar-refractivity contribution in [3.63, 3.8) is 0 Å². The summed E-state index contributed by atoms with van der Waals surface area (Å²) in [5, 5.41) is 6.60. The normalized spacial score (nSPS) is 13.1. The van der Waals surface area contributed by atoms with E-state index < -0.39 is 10.0 Å². The fraction of sp³-hybridized carbons (Fsp3) is 0.684. The van der Waals surface area contributed by atoms with Gasteiger partial charge in [-0.1, -0.05) is 13.8 Å². The lowest BCUT2D eigenvalue weighted by Gasteiger charge is -2.21. The molecule has 0 radical (unpaired) electrons. The first kappa shape index (κ1) is 28.0. The molecular weight excluding hydrogens is 503 g/mol. The van der Waals surface area contributed by atoms with Crippen molar-refractivity contribution in [1.82, 2.24) is 25.2 Å². The van der Waals surface area contributed by atoms with E-state index in [2.05, 4.69) is 51.0 Å². The molecular formula is C19H37IN6O2S. The summed E-state index contributed by atoms with van der Waals surface area (Å²) in [6.45, 7) is 13.1. The molecule has 3 N–H and O–H groups in total. The van der Waals surface area contributed by atoms with Crippen LogP contribution in [0.2, 0.25) is 0 Å². The van der Waals surface area contributed by atoms with Crippen molar-refractivity contribution in [2.75, 3.05) is 39.3 Å². The summed E-state index contributed by atoms with van der Waals surface area (Å²) in [6.07, 6.45) is 5.05. The predicted octanol–water partition coefficient (Wildman–Crippen LogP) is 2.04. The van der Waals surface area contributed by atoms with Gasteiger partial charge in [-0.25, -0.2) is 13.1 Å². The predicted molar refractivity (Wildman–Crippen MR) is 130 cm³/mol. The van der Waals surface area contributed by atoms with Gasteiger partial charge in [0.25, 0.3) is 0 Å². The van der Waals surface area contributed by atoms with E-state index in [0.717, 1.165) is 39.0 Å². The number of sulfonamides is 1. The van der Waals surface area contributed by atoms with E-state index in [0.29, 0.717) is 18.5 Å². The van der Waals surface area contributed by atoms with Crippen molar-refractivity contribution < 1.29 is 8.42 Å². The number of hydrogen-bond donors (Lipinski definition) is 3. The molecule has 1 heterocycles. The molecule has 8 nitrogen and oxygen atoms in total. The fourth-order valence-corrected chi connectivity index (χ4v) is 3.71. The second-order valence-corrected chi connectivity index (χ2v) is 8.33. The maximum absolute atomic E-state index is 12.2. The first-order valence-corrected chi connectivity index (χ1v) is 11.6. The van der Waals surface area contributed by atoms with Gasteiger partial charge in [0.05, 0.1) is 6.54 Å². The van der Waals surface area contributed by atoms with Crippen LogP contribution in [0.4, 0.5) is 0 Å². The molecule has 29 heavy (non-hydrogen) atoms. The molecule has 1 rings (SSSR count). The largest absolute Gasteiger partial charge is 0.357 e. The van der Waals surface area contributed by atoms with Crippen LogP contribution in [0.5, 0.6) is 0 Å². The first-order valence-electron chi connectivity index (χ1n) is 10.1. The molecule has 0 spiro atoms. The van der Waals surface area contributed by atoms with Crippen LogP contribution in [0.3, 0.4) is 0 Å². The topological polar surface area (TPSA) is 98.7 Å². The van der Waals surface area contributed by atoms with Gasteiger partial charge < -0.3 is 15.5 Å². The third-order valence-corrected chi connectivity index (χ3v) is 5.80. The summed E-state index contributed by atoms with van der Waals surface area (Å²) in [4.78, 5) is 10.9. The number of halogens is 1. The molecule has 0 saturated heterocycles. The van der Waals surface area contributed by atoms with Crippen LogP contribution in [-0.2, 0) is 10.0 Å². The van der Waals surface area contributed by atoms with Crippen LogP contribution in [0.1, 0.15) is 40.5 Å². The smallest absolute Gasteiger partial charge is 0.242 e. The zero-order chi connectivity index (χ0) is 20.8. The minimum atomic E-state index is -3.55. The van der Waals surface area contributed by atoms with Crippen LogP contribution in [-0.4, -0.2) is 69.6 Å². The Kier molecular flexibility index (Phi) is 15.3. The van der Waals surface area contributed by atoms with Gasteiger partial charge in [0, 0.05) is 31.5 Å². The second-order valence-electron chi connectivity index (χ2n) is 6.56. The molecule has 1 atom stereocenters. The number of aliphatic imine (C=N–C) groups is 1. The number of guanidine groups is 1. The summed E-state index contributed by atoms with van der Waals surface area (Å²) in [5.74, 6) is 0.707. The number of rotatable bonds is 13. The van der Waals surface area contributed by atoms with Crippen molar-refractivity contribution >= 4 is 40.0 Å². The van der Waals surface area contributed by atoms with Crippen molar-refractivity contribution in [2.45, 2.75) is 51.5 Å². The molecule has 168 valence electrons. The van der Waals surface area contributed by atoms with Gasteiger partial charge in [-0.15, -0.1) is 24.0 Å². The van der Waals surface area contributed by atoms with E-state index in [-0.39, 0.29) is 35.4 Å². The van der Waals surface area contributed by atoms with Crippen LogP contribution < -0.4 is 15.4 Å². The molecule has 0 fully saturated rings. The molecule has 0 aliphatic heterocycles. The van der Waals surface area contributed by atoms with Gasteiger partial charge in [0.1, 0.15) is 4.90 Å². The van der Waals surface area contributed by atoms with E-state index >= 15 is 0 Å². The highest BCUT2D eigenvalue weighted by molar-refractivity contribution is 14.0. The minimum absolute atomic E-state index is 0. The zero-order valence-electron chi connectivity index (χ0n) is 18.0. The lowest BCUT2D eigenvalue weighted by molar-refractivity contribution is 0.292. The van der Waals surface area contributed by atoms with E-state index in [9.17, 15) is 8.42 Å². The molecule has 1 aromatic heterocycles. The summed E-state index contributed by atoms with van der Waals surface area (Å²) in [5.41, 5.74) is 0. The molecule has 0 bridgehead atoms. The minimum Gasteiger partial charge on any atom is -0.357 e. The van der Waals surface area contributed by atoms with Crippen LogP contribution in [0, 0.1) is 0 Å². The Morgan fingerprint density at radius 1 is 1.28 bits per heavy atom. The van der Waals surface area contributed by atoms with Gasteiger partial charge in [-0.2, -0.15) is 0 Å². The van der Waals surface area contributed by atoms with Gasteiger partial charge in [-0.3, -0.25) is 9.98 Å². The third-order valence-electron chi connectivity index (χ3n) is 4.35. The number of hydrogen-bond acceptors (Lipinski definition) is 5. The lowest BCUT2D eigenvalue weighted by atomic mass is 10.2. The van der Waals surface area contributed by atoms with Gasteiger partial charge in [0.15, 0.2) is 5.96 Å². The molecule has 0 amide bonds. The number of pyridine rings is 1. The van der Waals surface area contributed by atoms with Crippen LogP contribution in [0.15, 0.2) is 34.4 Å². The van der Waals surface area contributed by atoms with E-state index in [4.69, 9.17) is 0 Å². The molecule has 1 aromatic rings. The molecule has 0 saturated carbocycles. The fourth-order valence-electron chi connectivity index (χ4n) is 2.72. The average molecular weight is 541 g/mol. The number of nitrogens with zero attached hydrogens (tertiary/aromatic N) is 3. The van der Waals surface area contributed by atoms with Crippen molar-refractivity contribution in [1.29, 1.82) is 0 Å². The highest BCUT2D eigenvalue weighted by Gasteiger charge is 2.12. The van der Waals surface area contributed by atoms with Gasteiger partial charge in [0.2, 0.25) is 10.0 Å². The summed E-state index contributed by atoms with van der Waals surface area (Å²) in [7, 11) is -3.55. The first-order chi connectivity index (χ1) is 13.4. The molecule has 0 aliphatic rings. The van der Waals surface area contributed by atoms with Crippen molar-refractivity contribution in [2.24, 2.45) is 4.99 Å². The lowest BCUT2D eigenvalue weighted by Crippen LogP contribution is -2.43. The Morgan fingerprint density at radius 2 is 2.00 bits per heavy atom. The molecule has 1 unspecified atom stereocenters. The Morgan fingerprint density at radius 3 is 2.59 bits per heavy atom. The maximum atomic E-state index is 12.2. The maximum Gasteiger partial charge on any atom is 0.242 e. The summed E-state index contributed by atoms with van der Waals surface area (Å²) >= 11 is 0. The SMILES string of the molecule is CCNC(=NCCNS(=O)(=O)c1cccnc1)NC(C)CCCN(CC)CC.I. The highest BCUT2D eigenvalue weighted by atomic mass is 127. The standard InChI is InChI=1S/C19H36N6O2S.HI/c1-5-21-19(24-17(4)10-9-15-25(6-2)7-3)22-13-14-23-28(26,27)18-11-8-12-20-16-18;/h8,11-12,16-17,23H,5-7,9-10,13-15H2,1-4H3,(H2,21,22,24);1H. The van der Waals surface area contributed by atoms with E-state index in [1.165, 1.54) is 12.3 Å². The number of nitrogens with one attached hydrogen (secondary N) is 3. The average Bonchev–Trinajstić information content (AvgIpc) is 2.69. The summed E-state index contributed by atoms with van der Waals surface area (Å²) < 4.78 is 26.9. The monoisotopic (exact) mass is 540 g/mol. The highest BCUT2D eigenvalue weighted by Crippen LogP contribution is 2.04. The van der Waals surface area contributed by atoms with Crippen molar-refractivity contribution in [3.8, 4) is 0 Å². The summed E-state index contributed by atoms with van der Waals surface area (Å²) in [6, 6.07) is 3.41. The Balaban J connectivity index is 0.00000784. The molecule has 10 heteroatoms. The third kappa shape index (κ3) is 11.7. The van der Waals surface area contributed by atoms with Crippen molar-refractivity contribution in [3.05, 3.63) is 24.5 Å². The number of aromatic nitrogens is 1. The van der Waals surface area contributed by atoms with Gasteiger partial charge >= 0.3 is 0 Å². The van der Waals surface area contributed by atoms with E-state index in [1.54, 1.807) is 12.3 Å². The Hall–Kier alpha value is -0.980. The van der Waals surface area contributed by atoms with Crippen LogP contribution in [0.25, 0.3) is 0 Å². The second kappa shape index (κ2) is 15.8. The quantitative estimate of drug-likeness (QED) is 0.153. The van der Waals surface area contributed by atoms with Crippen LogP contribution >= 0.6 is 24.0 Å².